The summed E-state index contributed by atoms with van der Waals surface area (Å²) in [5.41, 5.74) is 2.33. The van der Waals surface area contributed by atoms with Crippen molar-refractivity contribution in [3.8, 4) is 0 Å². The van der Waals surface area contributed by atoms with Gasteiger partial charge in [-0.2, -0.15) is 0 Å². The summed E-state index contributed by atoms with van der Waals surface area (Å²) in [5.74, 6) is 0.132. The van der Waals surface area contributed by atoms with Crippen LogP contribution in [0.5, 0.6) is 0 Å². The summed E-state index contributed by atoms with van der Waals surface area (Å²) in [6.45, 7) is 11.6. The van der Waals surface area contributed by atoms with Crippen molar-refractivity contribution in [2.24, 2.45) is 0 Å². The minimum atomic E-state index is -0.343. The average molecular weight is 303 g/mol. The fraction of sp³-hybridized carbons (Fsp3) is 0.938. The maximum atomic E-state index is 11.3. The first-order valence-corrected chi connectivity index (χ1v) is 7.84. The molecule has 5 heteroatoms. The third kappa shape index (κ3) is 9.96. The van der Waals surface area contributed by atoms with Gasteiger partial charge < -0.3 is 14.3 Å². The summed E-state index contributed by atoms with van der Waals surface area (Å²) in [6, 6.07) is 0. The largest absolute Gasteiger partial charge is 0.375 e. The molecule has 1 N–H and O–H groups in total. The van der Waals surface area contributed by atoms with Gasteiger partial charge in [0.15, 0.2) is 5.78 Å². The molecule has 1 unspecified atom stereocenters. The van der Waals surface area contributed by atoms with Crippen LogP contribution in [0.1, 0.15) is 60.3 Å². The van der Waals surface area contributed by atoms with Gasteiger partial charge in [-0.3, -0.25) is 4.79 Å². The van der Waals surface area contributed by atoms with Gasteiger partial charge in [0, 0.05) is 13.0 Å². The molecule has 0 radical (unpaired) electrons. The van der Waals surface area contributed by atoms with E-state index >= 15 is 0 Å². The SMILES string of the molecule is CCC(=O)COC(C)(C)CCOC(C)(CC)CCNOC. The summed E-state index contributed by atoms with van der Waals surface area (Å²) in [7, 11) is 1.61. The molecule has 0 saturated carbocycles. The molecule has 0 rings (SSSR count). The van der Waals surface area contributed by atoms with E-state index in [1.807, 2.05) is 20.8 Å². The normalized spacial score (nSPS) is 15.0. The Hall–Kier alpha value is -0.490. The summed E-state index contributed by atoms with van der Waals surface area (Å²) in [6.07, 6.45) is 3.10. The monoisotopic (exact) mass is 303 g/mol. The van der Waals surface area contributed by atoms with E-state index in [1.54, 1.807) is 7.11 Å². The lowest BCUT2D eigenvalue weighted by Crippen LogP contribution is -2.35. The second kappa shape index (κ2) is 10.3. The molecule has 0 amide bonds. The number of hydrogen-bond donors (Lipinski definition) is 1. The Bertz CT molecular complexity index is 294. The lowest BCUT2D eigenvalue weighted by molar-refractivity contribution is -0.131. The van der Waals surface area contributed by atoms with Crippen LogP contribution in [0, 0.1) is 0 Å². The summed E-state index contributed by atoms with van der Waals surface area (Å²) < 4.78 is 11.7. The van der Waals surface area contributed by atoms with Crippen molar-refractivity contribution < 1.29 is 19.1 Å². The number of rotatable bonds is 13. The molecule has 1 atom stereocenters. The molecule has 0 aromatic rings. The molecule has 0 aliphatic rings. The summed E-state index contributed by atoms with van der Waals surface area (Å²) in [5, 5.41) is 0. The van der Waals surface area contributed by atoms with Crippen molar-refractivity contribution in [1.29, 1.82) is 0 Å². The molecule has 0 saturated heterocycles. The van der Waals surface area contributed by atoms with E-state index in [0.717, 1.165) is 25.8 Å². The average Bonchev–Trinajstić information content (AvgIpc) is 2.45. The van der Waals surface area contributed by atoms with Gasteiger partial charge in [0.25, 0.3) is 0 Å². The highest BCUT2D eigenvalue weighted by Crippen LogP contribution is 2.22. The van der Waals surface area contributed by atoms with Gasteiger partial charge in [-0.1, -0.05) is 13.8 Å². The van der Waals surface area contributed by atoms with E-state index in [9.17, 15) is 4.79 Å². The third-order valence-electron chi connectivity index (χ3n) is 3.82. The highest BCUT2D eigenvalue weighted by molar-refractivity contribution is 5.79. The predicted octanol–water partition coefficient (Wildman–Crippen LogP) is 2.88. The first-order valence-electron chi connectivity index (χ1n) is 7.84. The molecule has 0 heterocycles. The molecule has 0 aromatic heterocycles. The quantitative estimate of drug-likeness (QED) is 0.419. The predicted molar refractivity (Wildman–Crippen MR) is 84.2 cm³/mol. The Kier molecular flexibility index (Phi) is 10.0. The number of carbonyl (C=O) groups is 1. The Morgan fingerprint density at radius 2 is 1.76 bits per heavy atom. The number of ether oxygens (including phenoxy) is 2. The smallest absolute Gasteiger partial charge is 0.158 e. The number of ketones is 1. The van der Waals surface area contributed by atoms with Crippen molar-refractivity contribution in [2.75, 3.05) is 26.9 Å². The first-order chi connectivity index (χ1) is 9.78. The van der Waals surface area contributed by atoms with Crippen LogP contribution in [0.15, 0.2) is 0 Å². The van der Waals surface area contributed by atoms with E-state index < -0.39 is 0 Å². The highest BCUT2D eigenvalue weighted by atomic mass is 16.6. The van der Waals surface area contributed by atoms with Gasteiger partial charge in [-0.15, -0.1) is 0 Å². The van der Waals surface area contributed by atoms with Gasteiger partial charge in [-0.05, 0) is 40.0 Å². The van der Waals surface area contributed by atoms with E-state index in [4.69, 9.17) is 14.3 Å². The van der Waals surface area contributed by atoms with Gasteiger partial charge >= 0.3 is 0 Å². The second-order valence-electron chi connectivity index (χ2n) is 6.19. The molecule has 0 aliphatic carbocycles. The molecule has 0 fully saturated rings. The zero-order valence-electron chi connectivity index (χ0n) is 14.6. The zero-order chi connectivity index (χ0) is 16.4. The standard InChI is InChI=1S/C16H33NO4/c1-7-14(18)13-21-15(3,4)10-12-20-16(5,8-2)9-11-17-19-6/h17H,7-13H2,1-6H3. The zero-order valence-corrected chi connectivity index (χ0v) is 14.6. The van der Waals surface area contributed by atoms with Crippen molar-refractivity contribution in [3.63, 3.8) is 0 Å². The highest BCUT2D eigenvalue weighted by Gasteiger charge is 2.25. The van der Waals surface area contributed by atoms with Crippen LogP contribution in [0.3, 0.4) is 0 Å². The van der Waals surface area contributed by atoms with E-state index in [-0.39, 0.29) is 23.6 Å². The summed E-state index contributed by atoms with van der Waals surface area (Å²) >= 11 is 0. The van der Waals surface area contributed by atoms with Crippen molar-refractivity contribution in [1.82, 2.24) is 5.48 Å². The van der Waals surface area contributed by atoms with Crippen molar-refractivity contribution >= 4 is 5.78 Å². The Balaban J connectivity index is 4.09. The van der Waals surface area contributed by atoms with Crippen LogP contribution in [-0.2, 0) is 19.1 Å². The van der Waals surface area contributed by atoms with Gasteiger partial charge in [0.1, 0.15) is 6.61 Å². The lowest BCUT2D eigenvalue weighted by Gasteiger charge is -2.31. The number of Topliss-reactive ketones (excluding diaryl/α,β-unsaturated/α-hetero) is 1. The molecule has 5 nitrogen and oxygen atoms in total. The summed E-state index contributed by atoms with van der Waals surface area (Å²) in [4.78, 5) is 16.2. The van der Waals surface area contributed by atoms with Crippen molar-refractivity contribution in [2.45, 2.75) is 71.5 Å². The molecular weight excluding hydrogens is 270 g/mol. The number of nitrogens with one attached hydrogen (secondary N) is 1. The first kappa shape index (κ1) is 20.5. The Labute approximate surface area is 129 Å². The molecule has 0 aromatic carbocycles. The Morgan fingerprint density at radius 3 is 2.29 bits per heavy atom. The van der Waals surface area contributed by atoms with Crippen LogP contribution < -0.4 is 5.48 Å². The van der Waals surface area contributed by atoms with Crippen LogP contribution in [-0.4, -0.2) is 43.9 Å². The fourth-order valence-electron chi connectivity index (χ4n) is 1.76. The Morgan fingerprint density at radius 1 is 1.10 bits per heavy atom. The van der Waals surface area contributed by atoms with E-state index in [1.165, 1.54) is 0 Å². The van der Waals surface area contributed by atoms with Gasteiger partial charge in [0.2, 0.25) is 0 Å². The second-order valence-corrected chi connectivity index (χ2v) is 6.19. The lowest BCUT2D eigenvalue weighted by atomic mass is 9.98. The van der Waals surface area contributed by atoms with Crippen molar-refractivity contribution in [3.05, 3.63) is 0 Å². The van der Waals surface area contributed by atoms with Crippen LogP contribution >= 0.6 is 0 Å². The van der Waals surface area contributed by atoms with Crippen LogP contribution in [0.2, 0.25) is 0 Å². The molecule has 21 heavy (non-hydrogen) atoms. The fourth-order valence-corrected chi connectivity index (χ4v) is 1.76. The van der Waals surface area contributed by atoms with Crippen LogP contribution in [0.25, 0.3) is 0 Å². The van der Waals surface area contributed by atoms with Crippen LogP contribution in [0.4, 0.5) is 0 Å². The number of hydroxylamine groups is 1. The topological polar surface area (TPSA) is 56.8 Å². The molecule has 0 bridgehead atoms. The van der Waals surface area contributed by atoms with Gasteiger partial charge in [0.05, 0.1) is 24.9 Å². The third-order valence-corrected chi connectivity index (χ3v) is 3.82. The maximum Gasteiger partial charge on any atom is 0.158 e. The molecular formula is C16H33NO4. The molecule has 0 aliphatic heterocycles. The number of carbonyl (C=O) groups excluding carboxylic acids is 1. The minimum absolute atomic E-state index is 0.132. The van der Waals surface area contributed by atoms with E-state index in [2.05, 4.69) is 19.3 Å². The number of hydrogen-bond acceptors (Lipinski definition) is 5. The van der Waals surface area contributed by atoms with E-state index in [0.29, 0.717) is 13.0 Å². The van der Waals surface area contributed by atoms with Gasteiger partial charge in [-0.25, -0.2) is 5.48 Å². The molecule has 0 spiro atoms. The molecule has 126 valence electrons. The maximum absolute atomic E-state index is 11.3. The minimum Gasteiger partial charge on any atom is -0.375 e.